The number of rotatable bonds is 5. The van der Waals surface area contributed by atoms with Crippen LogP contribution in [-0.4, -0.2) is 41.3 Å². The van der Waals surface area contributed by atoms with Crippen LogP contribution >= 0.6 is 22.7 Å². The molecule has 8 heteroatoms. The van der Waals surface area contributed by atoms with Crippen LogP contribution in [0, 0.1) is 5.92 Å². The minimum Gasteiger partial charge on any atom is -0.317 e. The molecule has 0 bridgehead atoms. The Morgan fingerprint density at radius 2 is 1.91 bits per heavy atom. The smallest absolute Gasteiger partial charge is 0.230 e. The lowest BCUT2D eigenvalue weighted by molar-refractivity contribution is -0.122. The lowest BCUT2D eigenvalue weighted by Gasteiger charge is -2.25. The quantitative estimate of drug-likeness (QED) is 0.397. The average molecular weight is 503 g/mol. The maximum absolute atomic E-state index is 13.4. The third kappa shape index (κ3) is 4.16. The van der Waals surface area contributed by atoms with Crippen molar-refractivity contribution in [3.63, 3.8) is 0 Å². The summed E-state index contributed by atoms with van der Waals surface area (Å²) >= 11 is 3.34. The molecule has 2 amide bonds. The highest BCUT2D eigenvalue weighted by Crippen LogP contribution is 2.46. The van der Waals surface area contributed by atoms with E-state index in [2.05, 4.69) is 23.2 Å². The van der Waals surface area contributed by atoms with Gasteiger partial charge in [-0.3, -0.25) is 14.5 Å². The van der Waals surface area contributed by atoms with Crippen molar-refractivity contribution < 1.29 is 9.59 Å². The predicted molar refractivity (Wildman–Crippen MR) is 143 cm³/mol. The second kappa shape index (κ2) is 9.18. The molecular formula is C27H26N4O2S2. The number of nitrogens with zero attached hydrogens (tertiary/aromatic N) is 3. The minimum atomic E-state index is -0.378. The summed E-state index contributed by atoms with van der Waals surface area (Å²) in [6.45, 7) is 5.50. The van der Waals surface area contributed by atoms with E-state index < -0.39 is 0 Å². The standard InChI is InChI=1S/C27H26N4O2S2/c1-2-30-13-12-19-22(16-30)35-27(24(19)26-28-20-10-6-7-11-21(20)34-26)29-25(33)17-14-23(32)31(15-17)18-8-4-3-5-9-18/h3-11,17H,2,12-16H2,1H3,(H,29,33). The molecule has 2 aromatic carbocycles. The van der Waals surface area contributed by atoms with Crippen LogP contribution in [0.1, 0.15) is 23.8 Å². The van der Waals surface area contributed by atoms with Crippen LogP contribution in [0.15, 0.2) is 54.6 Å². The zero-order valence-electron chi connectivity index (χ0n) is 19.5. The lowest BCUT2D eigenvalue weighted by Crippen LogP contribution is -2.29. The zero-order chi connectivity index (χ0) is 23.9. The Labute approximate surface area is 212 Å². The van der Waals surface area contributed by atoms with E-state index in [1.165, 1.54) is 10.4 Å². The third-order valence-electron chi connectivity index (χ3n) is 6.89. The molecule has 2 aromatic heterocycles. The molecular weight excluding hydrogens is 476 g/mol. The van der Waals surface area contributed by atoms with Gasteiger partial charge in [-0.15, -0.1) is 22.7 Å². The Bertz CT molecular complexity index is 1380. The summed E-state index contributed by atoms with van der Waals surface area (Å²) in [5.41, 5.74) is 4.20. The number of benzene rings is 2. The number of fused-ring (bicyclic) bond motifs is 2. The minimum absolute atomic E-state index is 0.00759. The molecule has 4 aromatic rings. The monoisotopic (exact) mass is 502 g/mol. The summed E-state index contributed by atoms with van der Waals surface area (Å²) in [4.78, 5) is 36.5. The molecule has 0 spiro atoms. The van der Waals surface area contributed by atoms with Gasteiger partial charge in [-0.1, -0.05) is 37.3 Å². The number of hydrogen-bond donors (Lipinski definition) is 1. The molecule has 2 aliphatic rings. The van der Waals surface area contributed by atoms with E-state index in [-0.39, 0.29) is 24.2 Å². The van der Waals surface area contributed by atoms with Crippen LogP contribution in [0.3, 0.4) is 0 Å². The van der Waals surface area contributed by atoms with Crippen molar-refractivity contribution in [2.75, 3.05) is 29.9 Å². The van der Waals surface area contributed by atoms with E-state index in [4.69, 9.17) is 4.98 Å². The van der Waals surface area contributed by atoms with E-state index >= 15 is 0 Å². The zero-order valence-corrected chi connectivity index (χ0v) is 21.1. The summed E-state index contributed by atoms with van der Waals surface area (Å²) in [6, 6.07) is 17.7. The molecule has 1 N–H and O–H groups in total. The van der Waals surface area contributed by atoms with Gasteiger partial charge in [0.15, 0.2) is 0 Å². The fourth-order valence-corrected chi connectivity index (χ4v) is 7.38. The highest BCUT2D eigenvalue weighted by atomic mass is 32.1. The second-order valence-corrected chi connectivity index (χ2v) is 11.2. The molecule has 4 heterocycles. The van der Waals surface area contributed by atoms with Gasteiger partial charge in [0.05, 0.1) is 16.1 Å². The van der Waals surface area contributed by atoms with Gasteiger partial charge < -0.3 is 10.2 Å². The van der Waals surface area contributed by atoms with Crippen LogP contribution in [0.2, 0.25) is 0 Å². The Morgan fingerprint density at radius 1 is 1.11 bits per heavy atom. The second-order valence-electron chi connectivity index (χ2n) is 9.04. The molecule has 6 rings (SSSR count). The number of carbonyl (C=O) groups excluding carboxylic acids is 2. The molecule has 2 aliphatic heterocycles. The van der Waals surface area contributed by atoms with Crippen LogP contribution in [0.4, 0.5) is 10.7 Å². The average Bonchev–Trinajstić information content (AvgIpc) is 3.58. The molecule has 35 heavy (non-hydrogen) atoms. The summed E-state index contributed by atoms with van der Waals surface area (Å²) in [5, 5.41) is 5.05. The number of thiazole rings is 1. The number of carbonyl (C=O) groups is 2. The molecule has 1 atom stereocenters. The largest absolute Gasteiger partial charge is 0.317 e. The Morgan fingerprint density at radius 3 is 2.71 bits per heavy atom. The fourth-order valence-electron chi connectivity index (χ4n) is 4.97. The number of thiophene rings is 1. The first kappa shape index (κ1) is 22.4. The van der Waals surface area contributed by atoms with Gasteiger partial charge >= 0.3 is 0 Å². The maximum atomic E-state index is 13.4. The van der Waals surface area contributed by atoms with Crippen molar-refractivity contribution in [2.24, 2.45) is 5.92 Å². The summed E-state index contributed by atoms with van der Waals surface area (Å²) in [7, 11) is 0. The van der Waals surface area contributed by atoms with Gasteiger partial charge in [-0.25, -0.2) is 4.98 Å². The van der Waals surface area contributed by atoms with E-state index in [0.29, 0.717) is 6.54 Å². The molecule has 0 aliphatic carbocycles. The fraction of sp³-hybridized carbons (Fsp3) is 0.296. The van der Waals surface area contributed by atoms with Crippen molar-refractivity contribution in [3.05, 3.63) is 65.0 Å². The molecule has 1 saturated heterocycles. The van der Waals surface area contributed by atoms with Gasteiger partial charge in [0, 0.05) is 42.2 Å². The number of para-hydroxylation sites is 2. The van der Waals surface area contributed by atoms with Crippen LogP contribution < -0.4 is 10.2 Å². The number of anilines is 2. The lowest BCUT2D eigenvalue weighted by atomic mass is 10.0. The van der Waals surface area contributed by atoms with Gasteiger partial charge in [0.25, 0.3) is 0 Å². The first-order chi connectivity index (χ1) is 17.1. The first-order valence-electron chi connectivity index (χ1n) is 12.0. The van der Waals surface area contributed by atoms with Crippen LogP contribution in [0.25, 0.3) is 20.8 Å². The molecule has 178 valence electrons. The normalized spacial score (nSPS) is 18.3. The molecule has 1 fully saturated rings. The molecule has 0 saturated carbocycles. The maximum Gasteiger partial charge on any atom is 0.230 e. The van der Waals surface area contributed by atoms with Crippen LogP contribution in [-0.2, 0) is 22.6 Å². The predicted octanol–water partition coefficient (Wildman–Crippen LogP) is 5.39. The van der Waals surface area contributed by atoms with Gasteiger partial charge in [-0.05, 0) is 42.8 Å². The highest BCUT2D eigenvalue weighted by molar-refractivity contribution is 7.22. The summed E-state index contributed by atoms with van der Waals surface area (Å²) in [6.07, 6.45) is 1.18. The number of likely N-dealkylation sites (N-methyl/N-ethyl adjacent to an activating group) is 1. The Balaban J connectivity index is 1.32. The Hall–Kier alpha value is -3.07. The van der Waals surface area contributed by atoms with Gasteiger partial charge in [0.1, 0.15) is 10.0 Å². The van der Waals surface area contributed by atoms with E-state index in [0.717, 1.165) is 57.5 Å². The molecule has 1 unspecified atom stereocenters. The van der Waals surface area contributed by atoms with Crippen molar-refractivity contribution in [1.82, 2.24) is 9.88 Å². The van der Waals surface area contributed by atoms with Gasteiger partial charge in [0.2, 0.25) is 11.8 Å². The number of aromatic nitrogens is 1. The van der Waals surface area contributed by atoms with Crippen molar-refractivity contribution in [2.45, 2.75) is 26.3 Å². The summed E-state index contributed by atoms with van der Waals surface area (Å²) in [5.74, 6) is -0.478. The van der Waals surface area contributed by atoms with E-state index in [9.17, 15) is 9.59 Å². The molecule has 0 radical (unpaired) electrons. The van der Waals surface area contributed by atoms with Gasteiger partial charge in [-0.2, -0.15) is 0 Å². The summed E-state index contributed by atoms with van der Waals surface area (Å²) < 4.78 is 1.14. The van der Waals surface area contributed by atoms with Crippen LogP contribution in [0.5, 0.6) is 0 Å². The van der Waals surface area contributed by atoms with Crippen molar-refractivity contribution in [1.29, 1.82) is 0 Å². The van der Waals surface area contributed by atoms with Crippen molar-refractivity contribution >= 4 is 55.4 Å². The van der Waals surface area contributed by atoms with E-state index in [1.54, 1.807) is 27.6 Å². The van der Waals surface area contributed by atoms with Crippen molar-refractivity contribution in [3.8, 4) is 10.6 Å². The number of hydrogen-bond acceptors (Lipinski definition) is 6. The highest BCUT2D eigenvalue weighted by Gasteiger charge is 2.36. The topological polar surface area (TPSA) is 65.5 Å². The van der Waals surface area contributed by atoms with E-state index in [1.807, 2.05) is 48.5 Å². The third-order valence-corrected chi connectivity index (χ3v) is 9.08. The SMILES string of the molecule is CCN1CCc2c(sc(NC(=O)C3CC(=O)N(c4ccccc4)C3)c2-c2nc3ccccc3s2)C1. The number of nitrogens with one attached hydrogen (secondary N) is 1. The molecule has 6 nitrogen and oxygen atoms in total. The Kier molecular flexibility index (Phi) is 5.88. The first-order valence-corrected chi connectivity index (χ1v) is 13.6. The number of amides is 2.